The molecular formula is C19H30O3Si. The van der Waals surface area contributed by atoms with E-state index in [4.69, 9.17) is 4.74 Å². The minimum atomic E-state index is -1.57. The van der Waals surface area contributed by atoms with E-state index in [-0.39, 0.29) is 18.8 Å². The van der Waals surface area contributed by atoms with Crippen molar-refractivity contribution in [3.63, 3.8) is 0 Å². The molecule has 0 aromatic rings. The molecular weight excluding hydrogens is 304 g/mol. The Balaban J connectivity index is 3.45. The van der Waals surface area contributed by atoms with Crippen LogP contribution in [0.25, 0.3) is 0 Å². The third kappa shape index (κ3) is 3.77. The largest absolute Gasteiger partial charge is 0.465 e. The highest BCUT2D eigenvalue weighted by Crippen LogP contribution is 2.55. The number of carbonyl (C=O) groups excluding carboxylic acids is 2. The standard InChI is InChI=1S/C19H30O3Si/c1-8-22-17(21)19(13-10-14-23(5,6)7)16(20)11-9-12-18(19,4)15(2)3/h2,8-9,11-13H2,1,3-7H3/t18-,19+/m0/s1. The molecule has 23 heavy (non-hydrogen) atoms. The topological polar surface area (TPSA) is 43.4 Å². The van der Waals surface area contributed by atoms with Crippen molar-refractivity contribution in [2.45, 2.75) is 66.1 Å². The summed E-state index contributed by atoms with van der Waals surface area (Å²) in [6.45, 7) is 16.4. The average molecular weight is 335 g/mol. The Labute approximate surface area is 141 Å². The van der Waals surface area contributed by atoms with E-state index in [1.54, 1.807) is 6.92 Å². The van der Waals surface area contributed by atoms with Crippen LogP contribution in [-0.2, 0) is 14.3 Å². The van der Waals surface area contributed by atoms with Crippen LogP contribution < -0.4 is 0 Å². The number of hydrogen-bond acceptors (Lipinski definition) is 3. The van der Waals surface area contributed by atoms with Crippen molar-refractivity contribution < 1.29 is 14.3 Å². The first kappa shape index (κ1) is 19.7. The zero-order valence-electron chi connectivity index (χ0n) is 15.5. The summed E-state index contributed by atoms with van der Waals surface area (Å²) >= 11 is 0. The Kier molecular flexibility index (Phi) is 6.04. The van der Waals surface area contributed by atoms with Gasteiger partial charge < -0.3 is 4.74 Å². The molecule has 4 heteroatoms. The average Bonchev–Trinajstić information content (AvgIpc) is 2.41. The summed E-state index contributed by atoms with van der Waals surface area (Å²) in [5, 5.41) is 0. The zero-order valence-corrected chi connectivity index (χ0v) is 16.5. The van der Waals surface area contributed by atoms with Crippen molar-refractivity contribution >= 4 is 19.8 Å². The van der Waals surface area contributed by atoms with E-state index in [9.17, 15) is 9.59 Å². The van der Waals surface area contributed by atoms with Crippen LogP contribution in [0.4, 0.5) is 0 Å². The normalized spacial score (nSPS) is 27.8. The summed E-state index contributed by atoms with van der Waals surface area (Å²) in [5.74, 6) is 2.69. The molecule has 128 valence electrons. The van der Waals surface area contributed by atoms with Crippen LogP contribution in [0, 0.1) is 22.3 Å². The van der Waals surface area contributed by atoms with Crippen molar-refractivity contribution in [2.24, 2.45) is 10.8 Å². The highest BCUT2D eigenvalue weighted by atomic mass is 28.3. The number of esters is 1. The molecule has 1 rings (SSSR count). The Morgan fingerprint density at radius 3 is 2.48 bits per heavy atom. The molecule has 0 unspecified atom stereocenters. The molecule has 3 nitrogen and oxygen atoms in total. The number of allylic oxidation sites excluding steroid dienone is 1. The fourth-order valence-corrected chi connectivity index (χ4v) is 3.93. The molecule has 1 fully saturated rings. The first-order valence-electron chi connectivity index (χ1n) is 8.38. The smallest absolute Gasteiger partial charge is 0.321 e. The minimum absolute atomic E-state index is 0.0439. The van der Waals surface area contributed by atoms with Gasteiger partial charge in [-0.2, -0.15) is 0 Å². The molecule has 1 aliphatic carbocycles. The first-order chi connectivity index (χ1) is 10.5. The summed E-state index contributed by atoms with van der Waals surface area (Å²) in [5.41, 5.74) is 2.34. The summed E-state index contributed by atoms with van der Waals surface area (Å²) < 4.78 is 5.33. The lowest BCUT2D eigenvalue weighted by atomic mass is 9.52. The predicted molar refractivity (Wildman–Crippen MR) is 96.6 cm³/mol. The van der Waals surface area contributed by atoms with E-state index in [1.165, 1.54) is 0 Å². The molecule has 0 radical (unpaired) electrons. The van der Waals surface area contributed by atoms with Gasteiger partial charge >= 0.3 is 5.97 Å². The lowest BCUT2D eigenvalue weighted by Gasteiger charge is -2.48. The van der Waals surface area contributed by atoms with Crippen LogP contribution in [0.1, 0.15) is 46.5 Å². The van der Waals surface area contributed by atoms with E-state index in [0.29, 0.717) is 6.42 Å². The zero-order chi connectivity index (χ0) is 17.9. The Bertz CT molecular complexity index is 561. The van der Waals surface area contributed by atoms with Crippen LogP contribution in [0.2, 0.25) is 19.6 Å². The number of ether oxygens (including phenoxy) is 1. The molecule has 2 atom stereocenters. The van der Waals surface area contributed by atoms with E-state index < -0.39 is 24.9 Å². The minimum Gasteiger partial charge on any atom is -0.465 e. The molecule has 0 N–H and O–H groups in total. The Hall–Kier alpha value is -1.34. The van der Waals surface area contributed by atoms with Crippen molar-refractivity contribution in [1.82, 2.24) is 0 Å². The highest BCUT2D eigenvalue weighted by molar-refractivity contribution is 6.83. The van der Waals surface area contributed by atoms with Gasteiger partial charge in [0.2, 0.25) is 0 Å². The van der Waals surface area contributed by atoms with Gasteiger partial charge in [-0.1, -0.05) is 38.7 Å². The summed E-state index contributed by atoms with van der Waals surface area (Å²) in [7, 11) is -1.57. The number of carbonyl (C=O) groups is 2. The van der Waals surface area contributed by atoms with Crippen LogP contribution in [0.3, 0.4) is 0 Å². The van der Waals surface area contributed by atoms with Gasteiger partial charge in [0.1, 0.15) is 13.5 Å². The van der Waals surface area contributed by atoms with Gasteiger partial charge in [0.15, 0.2) is 5.78 Å². The lowest BCUT2D eigenvalue weighted by Crippen LogP contribution is -2.55. The SMILES string of the molecule is C=C(C)[C@]1(C)CCCC(=O)[C@]1(CC#C[Si](C)(C)C)C(=O)OCC. The van der Waals surface area contributed by atoms with Crippen molar-refractivity contribution in [2.75, 3.05) is 6.61 Å². The lowest BCUT2D eigenvalue weighted by molar-refractivity contribution is -0.170. The fraction of sp³-hybridized carbons (Fsp3) is 0.684. The van der Waals surface area contributed by atoms with Gasteiger partial charge in [-0.25, -0.2) is 0 Å². The maximum Gasteiger partial charge on any atom is 0.321 e. The van der Waals surface area contributed by atoms with Crippen LogP contribution in [0.5, 0.6) is 0 Å². The molecule has 0 heterocycles. The maximum atomic E-state index is 12.9. The third-order valence-corrected chi connectivity index (χ3v) is 5.81. The molecule has 0 amide bonds. The van der Waals surface area contributed by atoms with Gasteiger partial charge in [-0.15, -0.1) is 11.5 Å². The molecule has 0 aromatic carbocycles. The Morgan fingerprint density at radius 2 is 2.00 bits per heavy atom. The maximum absolute atomic E-state index is 12.9. The molecule has 0 aromatic heterocycles. The van der Waals surface area contributed by atoms with Gasteiger partial charge in [0.25, 0.3) is 0 Å². The van der Waals surface area contributed by atoms with Gasteiger partial charge in [0.05, 0.1) is 6.61 Å². The van der Waals surface area contributed by atoms with Crippen molar-refractivity contribution in [3.05, 3.63) is 12.2 Å². The molecule has 0 aliphatic heterocycles. The van der Waals surface area contributed by atoms with E-state index in [0.717, 1.165) is 18.4 Å². The molecule has 1 aliphatic rings. The third-order valence-electron chi connectivity index (χ3n) is 4.88. The van der Waals surface area contributed by atoms with Crippen molar-refractivity contribution in [3.8, 4) is 11.5 Å². The molecule has 0 spiro atoms. The van der Waals surface area contributed by atoms with E-state index in [1.807, 2.05) is 13.8 Å². The van der Waals surface area contributed by atoms with Gasteiger partial charge in [-0.3, -0.25) is 9.59 Å². The molecule has 0 bridgehead atoms. The number of ketones is 1. The van der Waals surface area contributed by atoms with Gasteiger partial charge in [0, 0.05) is 18.3 Å². The summed E-state index contributed by atoms with van der Waals surface area (Å²) in [6, 6.07) is 0. The molecule has 0 saturated heterocycles. The molecule has 1 saturated carbocycles. The first-order valence-corrected chi connectivity index (χ1v) is 11.9. The van der Waals surface area contributed by atoms with E-state index >= 15 is 0 Å². The Morgan fingerprint density at radius 1 is 1.39 bits per heavy atom. The summed E-state index contributed by atoms with van der Waals surface area (Å²) in [4.78, 5) is 25.8. The highest BCUT2D eigenvalue weighted by Gasteiger charge is 2.61. The second kappa shape index (κ2) is 7.05. The monoisotopic (exact) mass is 334 g/mol. The summed E-state index contributed by atoms with van der Waals surface area (Å²) in [6.07, 6.45) is 2.20. The fourth-order valence-electron chi connectivity index (χ4n) is 3.32. The second-order valence-electron chi connectivity index (χ2n) is 7.74. The van der Waals surface area contributed by atoms with E-state index in [2.05, 4.69) is 37.7 Å². The van der Waals surface area contributed by atoms with Crippen LogP contribution in [-0.4, -0.2) is 26.4 Å². The van der Waals surface area contributed by atoms with Crippen LogP contribution >= 0.6 is 0 Å². The van der Waals surface area contributed by atoms with Crippen LogP contribution in [0.15, 0.2) is 12.2 Å². The quantitative estimate of drug-likeness (QED) is 0.255. The number of Topliss-reactive ketones (excluding diaryl/α,β-unsaturated/α-hetero) is 1. The van der Waals surface area contributed by atoms with Gasteiger partial charge in [-0.05, 0) is 26.7 Å². The van der Waals surface area contributed by atoms with Crippen molar-refractivity contribution in [1.29, 1.82) is 0 Å². The number of rotatable bonds is 4. The number of hydrogen-bond donors (Lipinski definition) is 0. The second-order valence-corrected chi connectivity index (χ2v) is 12.5. The predicted octanol–water partition coefficient (Wildman–Crippen LogP) is 4.14.